The molecule has 20 heavy (non-hydrogen) atoms. The molecule has 4 nitrogen and oxygen atoms in total. The number of hydrogen-bond acceptors (Lipinski definition) is 4. The topological polar surface area (TPSA) is 41.6 Å². The first-order valence-electron chi connectivity index (χ1n) is 8.11. The number of ether oxygens (including phenoxy) is 1. The lowest BCUT2D eigenvalue weighted by atomic mass is 9.94. The molecule has 0 aromatic heterocycles. The summed E-state index contributed by atoms with van der Waals surface area (Å²) in [5, 5.41) is 3.36. The summed E-state index contributed by atoms with van der Waals surface area (Å²) in [6.07, 6.45) is 5.22. The van der Waals surface area contributed by atoms with Crippen molar-refractivity contribution in [3.05, 3.63) is 0 Å². The van der Waals surface area contributed by atoms with E-state index in [0.29, 0.717) is 6.61 Å². The van der Waals surface area contributed by atoms with Gasteiger partial charge in [-0.1, -0.05) is 13.8 Å². The Morgan fingerprint density at radius 2 is 1.85 bits per heavy atom. The van der Waals surface area contributed by atoms with Crippen molar-refractivity contribution in [2.45, 2.75) is 65.3 Å². The molecular weight excluding hydrogens is 252 g/mol. The fraction of sp³-hybridized carbons (Fsp3) is 0.938. The molecule has 0 aromatic carbocycles. The fourth-order valence-electron chi connectivity index (χ4n) is 2.31. The predicted molar refractivity (Wildman–Crippen MR) is 85.0 cm³/mol. The molecular formula is C16H34N2O2. The summed E-state index contributed by atoms with van der Waals surface area (Å²) < 4.78 is 5.21. The van der Waals surface area contributed by atoms with Crippen LogP contribution in [0.25, 0.3) is 0 Å². The van der Waals surface area contributed by atoms with Crippen molar-refractivity contribution in [3.8, 4) is 0 Å². The summed E-state index contributed by atoms with van der Waals surface area (Å²) in [4.78, 5) is 14.5. The van der Waals surface area contributed by atoms with E-state index in [1.807, 2.05) is 13.8 Å². The molecule has 0 heterocycles. The van der Waals surface area contributed by atoms with Crippen molar-refractivity contribution in [1.82, 2.24) is 10.2 Å². The van der Waals surface area contributed by atoms with E-state index in [9.17, 15) is 4.79 Å². The third-order valence-electron chi connectivity index (χ3n) is 3.56. The van der Waals surface area contributed by atoms with Gasteiger partial charge in [-0.15, -0.1) is 0 Å². The number of carbonyl (C=O) groups is 1. The van der Waals surface area contributed by atoms with Gasteiger partial charge in [0.15, 0.2) is 0 Å². The van der Waals surface area contributed by atoms with Gasteiger partial charge in [0.05, 0.1) is 6.61 Å². The van der Waals surface area contributed by atoms with Gasteiger partial charge in [-0.05, 0) is 72.6 Å². The standard InChI is InChI=1S/C16H34N2O2/c1-6-12-17-16(4,15(19)20-8-3)11-9-10-14-18(5)13-7-2/h17H,6-14H2,1-5H3. The van der Waals surface area contributed by atoms with Crippen LogP contribution in [0, 0.1) is 0 Å². The van der Waals surface area contributed by atoms with Crippen LogP contribution in [0.2, 0.25) is 0 Å². The molecule has 1 unspecified atom stereocenters. The van der Waals surface area contributed by atoms with Gasteiger partial charge in [0.25, 0.3) is 0 Å². The van der Waals surface area contributed by atoms with Gasteiger partial charge in [0.2, 0.25) is 0 Å². The van der Waals surface area contributed by atoms with Gasteiger partial charge < -0.3 is 15.0 Å². The molecule has 0 aliphatic rings. The summed E-state index contributed by atoms with van der Waals surface area (Å²) >= 11 is 0. The summed E-state index contributed by atoms with van der Waals surface area (Å²) in [6, 6.07) is 0. The first-order chi connectivity index (χ1) is 9.50. The van der Waals surface area contributed by atoms with E-state index in [2.05, 4.69) is 31.1 Å². The van der Waals surface area contributed by atoms with Crippen LogP contribution in [0.15, 0.2) is 0 Å². The quantitative estimate of drug-likeness (QED) is 0.442. The SMILES string of the molecule is CCCNC(C)(CCCCN(C)CCC)C(=O)OCC. The van der Waals surface area contributed by atoms with Crippen LogP contribution in [-0.2, 0) is 9.53 Å². The highest BCUT2D eigenvalue weighted by Gasteiger charge is 2.33. The van der Waals surface area contributed by atoms with Crippen molar-refractivity contribution in [2.75, 3.05) is 33.3 Å². The minimum Gasteiger partial charge on any atom is -0.465 e. The van der Waals surface area contributed by atoms with Crippen molar-refractivity contribution < 1.29 is 9.53 Å². The van der Waals surface area contributed by atoms with Gasteiger partial charge in [-0.2, -0.15) is 0 Å². The molecule has 120 valence electrons. The van der Waals surface area contributed by atoms with Gasteiger partial charge in [0.1, 0.15) is 5.54 Å². The molecule has 1 atom stereocenters. The summed E-state index contributed by atoms with van der Waals surface area (Å²) in [7, 11) is 2.16. The Morgan fingerprint density at radius 1 is 1.15 bits per heavy atom. The first kappa shape index (κ1) is 19.4. The molecule has 0 saturated heterocycles. The third-order valence-corrected chi connectivity index (χ3v) is 3.56. The Hall–Kier alpha value is -0.610. The first-order valence-corrected chi connectivity index (χ1v) is 8.11. The lowest BCUT2D eigenvalue weighted by molar-refractivity contribution is -0.150. The van der Waals surface area contributed by atoms with Crippen LogP contribution < -0.4 is 5.32 Å². The smallest absolute Gasteiger partial charge is 0.326 e. The van der Waals surface area contributed by atoms with E-state index in [1.54, 1.807) is 0 Å². The average Bonchev–Trinajstić information content (AvgIpc) is 2.42. The van der Waals surface area contributed by atoms with Gasteiger partial charge in [-0.3, -0.25) is 4.79 Å². The second kappa shape index (κ2) is 11.1. The largest absolute Gasteiger partial charge is 0.465 e. The molecule has 0 amide bonds. The molecule has 0 bridgehead atoms. The van der Waals surface area contributed by atoms with Gasteiger partial charge in [-0.25, -0.2) is 0 Å². The van der Waals surface area contributed by atoms with Crippen LogP contribution >= 0.6 is 0 Å². The van der Waals surface area contributed by atoms with Crippen molar-refractivity contribution in [3.63, 3.8) is 0 Å². The molecule has 0 rings (SSSR count). The highest BCUT2D eigenvalue weighted by molar-refractivity contribution is 5.80. The van der Waals surface area contributed by atoms with Crippen LogP contribution in [-0.4, -0.2) is 49.7 Å². The van der Waals surface area contributed by atoms with Crippen LogP contribution in [0.5, 0.6) is 0 Å². The lowest BCUT2D eigenvalue weighted by Gasteiger charge is -2.29. The molecule has 0 saturated carbocycles. The maximum Gasteiger partial charge on any atom is 0.326 e. The number of hydrogen-bond donors (Lipinski definition) is 1. The Kier molecular flexibility index (Phi) is 10.8. The zero-order valence-electron chi connectivity index (χ0n) is 14.1. The number of rotatable bonds is 12. The third kappa shape index (κ3) is 7.85. The number of esters is 1. The zero-order valence-corrected chi connectivity index (χ0v) is 14.1. The monoisotopic (exact) mass is 286 g/mol. The summed E-state index contributed by atoms with van der Waals surface area (Å²) in [6.45, 7) is 11.7. The van der Waals surface area contributed by atoms with Crippen LogP contribution in [0.4, 0.5) is 0 Å². The van der Waals surface area contributed by atoms with Gasteiger partial charge in [0, 0.05) is 0 Å². The van der Waals surface area contributed by atoms with Crippen molar-refractivity contribution >= 4 is 5.97 Å². The Balaban J connectivity index is 4.19. The number of carbonyl (C=O) groups excluding carboxylic acids is 1. The molecule has 0 aromatic rings. The summed E-state index contributed by atoms with van der Waals surface area (Å²) in [5.74, 6) is -0.115. The predicted octanol–water partition coefficient (Wildman–Crippen LogP) is 2.82. The second-order valence-electron chi connectivity index (χ2n) is 5.74. The van der Waals surface area contributed by atoms with E-state index < -0.39 is 5.54 Å². The van der Waals surface area contributed by atoms with Crippen molar-refractivity contribution in [2.24, 2.45) is 0 Å². The van der Waals surface area contributed by atoms with Gasteiger partial charge >= 0.3 is 5.97 Å². The average molecular weight is 286 g/mol. The second-order valence-corrected chi connectivity index (χ2v) is 5.74. The Labute approximate surface area is 125 Å². The minimum absolute atomic E-state index is 0.115. The molecule has 0 fully saturated rings. The number of nitrogens with zero attached hydrogens (tertiary/aromatic N) is 1. The molecule has 0 aliphatic carbocycles. The normalized spacial score (nSPS) is 14.3. The van der Waals surface area contributed by atoms with E-state index in [1.165, 1.54) is 6.42 Å². The minimum atomic E-state index is -0.532. The Morgan fingerprint density at radius 3 is 2.40 bits per heavy atom. The number of unbranched alkanes of at least 4 members (excludes halogenated alkanes) is 1. The van der Waals surface area contributed by atoms with Crippen molar-refractivity contribution in [1.29, 1.82) is 0 Å². The van der Waals surface area contributed by atoms with Crippen LogP contribution in [0.1, 0.15) is 59.8 Å². The maximum absolute atomic E-state index is 12.1. The van der Waals surface area contributed by atoms with Crippen LogP contribution in [0.3, 0.4) is 0 Å². The highest BCUT2D eigenvalue weighted by Crippen LogP contribution is 2.16. The lowest BCUT2D eigenvalue weighted by Crippen LogP contribution is -2.50. The molecule has 0 aliphatic heterocycles. The van der Waals surface area contributed by atoms with E-state index in [-0.39, 0.29) is 5.97 Å². The summed E-state index contributed by atoms with van der Waals surface area (Å²) in [5.41, 5.74) is -0.532. The van der Waals surface area contributed by atoms with E-state index >= 15 is 0 Å². The maximum atomic E-state index is 12.1. The molecule has 0 radical (unpaired) electrons. The highest BCUT2D eigenvalue weighted by atomic mass is 16.5. The van der Waals surface area contributed by atoms with E-state index in [4.69, 9.17) is 4.74 Å². The Bertz CT molecular complexity index is 259. The zero-order chi connectivity index (χ0) is 15.4. The van der Waals surface area contributed by atoms with E-state index in [0.717, 1.165) is 45.3 Å². The molecule has 0 spiro atoms. The fourth-order valence-corrected chi connectivity index (χ4v) is 2.31. The molecule has 1 N–H and O–H groups in total. The molecule has 4 heteroatoms. The number of nitrogens with one attached hydrogen (secondary N) is 1.